The molecule has 0 spiro atoms. The van der Waals surface area contributed by atoms with Gasteiger partial charge in [-0.2, -0.15) is 14.6 Å². The minimum Gasteiger partial charge on any atom is -0.419 e. The summed E-state index contributed by atoms with van der Waals surface area (Å²) in [6.45, 7) is 5.50. The van der Waals surface area contributed by atoms with Gasteiger partial charge in [-0.05, 0) is 37.6 Å². The van der Waals surface area contributed by atoms with Crippen LogP contribution in [0.3, 0.4) is 0 Å². The van der Waals surface area contributed by atoms with Gasteiger partial charge in [0.15, 0.2) is 0 Å². The van der Waals surface area contributed by atoms with Gasteiger partial charge in [-0.3, -0.25) is 0 Å². The van der Waals surface area contributed by atoms with Gasteiger partial charge in [-0.25, -0.2) is 8.42 Å². The third-order valence-corrected chi connectivity index (χ3v) is 6.34. The van der Waals surface area contributed by atoms with E-state index < -0.39 is 10.0 Å². The number of sulfonamides is 1. The molecule has 1 fully saturated rings. The lowest BCUT2D eigenvalue weighted by Crippen LogP contribution is -2.40. The number of nitrogens with one attached hydrogen (secondary N) is 1. The third-order valence-electron chi connectivity index (χ3n) is 4.43. The maximum absolute atomic E-state index is 12.7. The van der Waals surface area contributed by atoms with E-state index in [9.17, 15) is 13.7 Å². The molecule has 9 heteroatoms. The molecule has 0 amide bonds. The molecule has 1 aliphatic heterocycles. The zero-order chi connectivity index (χ0) is 19.4. The summed E-state index contributed by atoms with van der Waals surface area (Å²) in [5.41, 5.74) is 0.778. The quantitative estimate of drug-likeness (QED) is 0.807. The number of aromatic nitrogens is 1. The van der Waals surface area contributed by atoms with Gasteiger partial charge in [0.25, 0.3) is 0 Å². The molecule has 0 saturated carbocycles. The molecule has 0 radical (unpaired) electrons. The predicted octanol–water partition coefficient (Wildman–Crippen LogP) is 2.44. The number of oxazole rings is 1. The Balaban J connectivity index is 1.84. The van der Waals surface area contributed by atoms with Gasteiger partial charge in [0.05, 0.1) is 18.1 Å². The van der Waals surface area contributed by atoms with Crippen molar-refractivity contribution in [3.05, 3.63) is 30.0 Å². The maximum Gasteiger partial charge on any atom is 0.243 e. The van der Waals surface area contributed by atoms with Crippen LogP contribution >= 0.6 is 0 Å². The van der Waals surface area contributed by atoms with Crippen molar-refractivity contribution in [1.29, 1.82) is 5.26 Å². The van der Waals surface area contributed by atoms with Crippen LogP contribution in [-0.2, 0) is 14.8 Å². The number of ether oxygens (including phenoxy) is 1. The molecule has 1 atom stereocenters. The smallest absolute Gasteiger partial charge is 0.243 e. The summed E-state index contributed by atoms with van der Waals surface area (Å²) in [5, 5.41) is 12.4. The maximum atomic E-state index is 12.7. The van der Waals surface area contributed by atoms with E-state index in [0.29, 0.717) is 37.8 Å². The summed E-state index contributed by atoms with van der Waals surface area (Å²) in [6.07, 6.45) is 0.870. The molecular formula is C18H22N4O4S. The zero-order valence-electron chi connectivity index (χ0n) is 15.3. The molecule has 1 saturated heterocycles. The molecule has 1 aliphatic rings. The highest BCUT2D eigenvalue weighted by molar-refractivity contribution is 7.89. The van der Waals surface area contributed by atoms with Crippen LogP contribution in [0.1, 0.15) is 26.0 Å². The molecule has 144 valence electrons. The van der Waals surface area contributed by atoms with Crippen LogP contribution in [0.5, 0.6) is 0 Å². The van der Waals surface area contributed by atoms with Gasteiger partial charge in [0.2, 0.25) is 27.5 Å². The van der Waals surface area contributed by atoms with Crippen molar-refractivity contribution < 1.29 is 17.6 Å². The Labute approximate surface area is 158 Å². The van der Waals surface area contributed by atoms with Gasteiger partial charge in [-0.1, -0.05) is 6.92 Å². The van der Waals surface area contributed by atoms with E-state index >= 15 is 0 Å². The highest BCUT2D eigenvalue weighted by atomic mass is 32.2. The van der Waals surface area contributed by atoms with E-state index in [2.05, 4.69) is 10.3 Å². The fourth-order valence-corrected chi connectivity index (χ4v) is 4.06. The molecule has 2 heterocycles. The number of hydrogen-bond donors (Lipinski definition) is 1. The number of rotatable bonds is 6. The minimum absolute atomic E-state index is 0.138. The topological polar surface area (TPSA) is 108 Å². The van der Waals surface area contributed by atoms with Crippen LogP contribution in [0.25, 0.3) is 11.5 Å². The van der Waals surface area contributed by atoms with Crippen LogP contribution in [0, 0.1) is 11.3 Å². The fourth-order valence-electron chi connectivity index (χ4n) is 2.65. The molecule has 8 nitrogen and oxygen atoms in total. The number of morpholine rings is 1. The monoisotopic (exact) mass is 390 g/mol. The first-order valence-electron chi connectivity index (χ1n) is 8.81. The lowest BCUT2D eigenvalue weighted by molar-refractivity contribution is 0.0730. The molecule has 1 N–H and O–H groups in total. The van der Waals surface area contributed by atoms with Crippen LogP contribution in [-0.4, -0.2) is 50.1 Å². The first-order chi connectivity index (χ1) is 13.0. The molecule has 0 aliphatic carbocycles. The van der Waals surface area contributed by atoms with Crippen LogP contribution in [0.15, 0.2) is 33.6 Å². The Bertz CT molecular complexity index is 925. The fraction of sp³-hybridized carbons (Fsp3) is 0.444. The summed E-state index contributed by atoms with van der Waals surface area (Å²) < 4.78 is 37.7. The number of hydrogen-bond acceptors (Lipinski definition) is 7. The Kier molecular flexibility index (Phi) is 5.79. The van der Waals surface area contributed by atoms with E-state index in [1.807, 2.05) is 19.9 Å². The predicted molar refractivity (Wildman–Crippen MR) is 99.6 cm³/mol. The number of nitrogens with zero attached hydrogens (tertiary/aromatic N) is 3. The molecule has 0 bridgehead atoms. The summed E-state index contributed by atoms with van der Waals surface area (Å²) in [7, 11) is -3.55. The lowest BCUT2D eigenvalue weighted by atomic mass is 10.2. The summed E-state index contributed by atoms with van der Waals surface area (Å²) in [6, 6.07) is 8.47. The number of anilines is 1. The van der Waals surface area contributed by atoms with Crippen molar-refractivity contribution in [1.82, 2.24) is 9.29 Å². The largest absolute Gasteiger partial charge is 0.419 e. The van der Waals surface area contributed by atoms with Crippen molar-refractivity contribution in [2.45, 2.75) is 31.2 Å². The van der Waals surface area contributed by atoms with E-state index in [0.717, 1.165) is 6.42 Å². The van der Waals surface area contributed by atoms with Gasteiger partial charge >= 0.3 is 0 Å². The Morgan fingerprint density at radius 1 is 1.30 bits per heavy atom. The first-order valence-corrected chi connectivity index (χ1v) is 10.3. The summed E-state index contributed by atoms with van der Waals surface area (Å²) in [4.78, 5) is 4.41. The highest BCUT2D eigenvalue weighted by Crippen LogP contribution is 2.27. The molecular weight excluding hydrogens is 368 g/mol. The Morgan fingerprint density at radius 2 is 1.96 bits per heavy atom. The molecule has 1 aromatic heterocycles. The van der Waals surface area contributed by atoms with Crippen LogP contribution in [0.2, 0.25) is 0 Å². The SMILES string of the molecule is CC[C@@H](C)Nc1oc(-c2ccc(S(=O)(=O)N3CCOCC3)cc2)nc1C#N. The van der Waals surface area contributed by atoms with Crippen LogP contribution in [0.4, 0.5) is 5.88 Å². The second-order valence-electron chi connectivity index (χ2n) is 6.30. The second-order valence-corrected chi connectivity index (χ2v) is 8.24. The van der Waals surface area contributed by atoms with E-state index in [1.165, 1.54) is 16.4 Å². The lowest BCUT2D eigenvalue weighted by Gasteiger charge is -2.26. The van der Waals surface area contributed by atoms with Gasteiger partial charge in [0.1, 0.15) is 6.07 Å². The highest BCUT2D eigenvalue weighted by Gasteiger charge is 2.26. The Morgan fingerprint density at radius 3 is 2.56 bits per heavy atom. The van der Waals surface area contributed by atoms with Crippen molar-refractivity contribution in [2.24, 2.45) is 0 Å². The summed E-state index contributed by atoms with van der Waals surface area (Å²) >= 11 is 0. The first kappa shape index (κ1) is 19.4. The van der Waals surface area contributed by atoms with E-state index in [1.54, 1.807) is 12.1 Å². The average molecular weight is 390 g/mol. The third kappa shape index (κ3) is 4.13. The van der Waals surface area contributed by atoms with Crippen LogP contribution < -0.4 is 5.32 Å². The van der Waals surface area contributed by atoms with Gasteiger partial charge < -0.3 is 14.5 Å². The van der Waals surface area contributed by atoms with Gasteiger partial charge in [-0.15, -0.1) is 0 Å². The number of nitriles is 1. The van der Waals surface area contributed by atoms with E-state index in [4.69, 9.17) is 9.15 Å². The Hall–Kier alpha value is -2.41. The molecule has 2 aromatic rings. The standard InChI is InChI=1S/C18H22N4O4S/c1-3-13(2)20-18-16(12-19)21-17(26-18)14-4-6-15(7-5-14)27(23,24)22-8-10-25-11-9-22/h4-7,13,20H,3,8-11H2,1-2H3/t13-/m1/s1. The molecule has 3 rings (SSSR count). The molecule has 0 unspecified atom stereocenters. The minimum atomic E-state index is -3.55. The summed E-state index contributed by atoms with van der Waals surface area (Å²) in [5.74, 6) is 0.597. The molecule has 1 aromatic carbocycles. The van der Waals surface area contributed by atoms with Crippen molar-refractivity contribution in [2.75, 3.05) is 31.6 Å². The van der Waals surface area contributed by atoms with Crippen molar-refractivity contribution in [3.8, 4) is 17.5 Å². The number of benzene rings is 1. The van der Waals surface area contributed by atoms with E-state index in [-0.39, 0.29) is 22.5 Å². The van der Waals surface area contributed by atoms with Crippen molar-refractivity contribution >= 4 is 15.9 Å². The second kappa shape index (κ2) is 8.08. The molecule has 27 heavy (non-hydrogen) atoms. The normalized spacial score (nSPS) is 16.6. The van der Waals surface area contributed by atoms with Crippen molar-refractivity contribution in [3.63, 3.8) is 0 Å². The average Bonchev–Trinajstić information content (AvgIpc) is 3.11. The van der Waals surface area contributed by atoms with Gasteiger partial charge in [0, 0.05) is 24.7 Å². The zero-order valence-corrected chi connectivity index (χ0v) is 16.1.